The minimum atomic E-state index is -4.93. The average molecular weight is 258 g/mol. The van der Waals surface area contributed by atoms with E-state index in [-0.39, 0.29) is 0 Å². The Morgan fingerprint density at radius 2 is 1.79 bits per heavy atom. The van der Waals surface area contributed by atoms with E-state index in [2.05, 4.69) is 23.0 Å². The first-order valence-corrected chi connectivity index (χ1v) is 5.73. The number of phosphoric acid groups is 2. The van der Waals surface area contributed by atoms with Gasteiger partial charge in [0.05, 0.1) is 0 Å². The molecule has 0 aliphatic heterocycles. The van der Waals surface area contributed by atoms with Crippen molar-refractivity contribution in [3.8, 4) is 0 Å². The number of rotatable bonds is 7. The summed E-state index contributed by atoms with van der Waals surface area (Å²) >= 11 is 0. The average Bonchev–Trinajstić information content (AvgIpc) is 2.17. The molecule has 0 bridgehead atoms. The fraction of sp³-hybridized carbons (Fsp3) is 1.00. The third-order valence-corrected chi connectivity index (χ3v) is 2.47. The van der Waals surface area contributed by atoms with Crippen LogP contribution < -0.4 is 0 Å². The standard InChI is InChI=1S/C2H6F2O8P2/c1-8-14(7,12-4)10-2-9-13(5,6)11-3/h2H2,1H3,(H,5,6). The first-order valence-electron chi connectivity index (χ1n) is 2.77. The number of phosphoric ester groups is 2. The van der Waals surface area contributed by atoms with E-state index in [0.717, 1.165) is 7.11 Å². The van der Waals surface area contributed by atoms with E-state index in [0.29, 0.717) is 0 Å². The third kappa shape index (κ3) is 5.08. The molecule has 8 nitrogen and oxygen atoms in total. The van der Waals surface area contributed by atoms with Crippen LogP contribution in [0.2, 0.25) is 0 Å². The van der Waals surface area contributed by atoms with Crippen LogP contribution in [0.15, 0.2) is 0 Å². The predicted molar refractivity (Wildman–Crippen MR) is 35.9 cm³/mol. The van der Waals surface area contributed by atoms with Crippen molar-refractivity contribution in [3.63, 3.8) is 0 Å². The maximum absolute atomic E-state index is 11.4. The molecule has 0 aromatic heterocycles. The molecule has 0 rings (SSSR count). The van der Waals surface area contributed by atoms with Crippen LogP contribution in [-0.4, -0.2) is 18.8 Å². The van der Waals surface area contributed by atoms with Crippen LogP contribution in [-0.2, 0) is 32.2 Å². The smallest absolute Gasteiger partial charge is 0.301 e. The van der Waals surface area contributed by atoms with Crippen molar-refractivity contribution in [1.29, 1.82) is 0 Å². The Hall–Kier alpha value is 0.0800. The van der Waals surface area contributed by atoms with Gasteiger partial charge in [0.15, 0.2) is 6.79 Å². The van der Waals surface area contributed by atoms with Gasteiger partial charge in [-0.25, -0.2) is 9.13 Å². The highest BCUT2D eigenvalue weighted by molar-refractivity contribution is 7.48. The summed E-state index contributed by atoms with van der Waals surface area (Å²) in [7, 11) is -8.62. The van der Waals surface area contributed by atoms with Gasteiger partial charge in [0.2, 0.25) is 0 Å². The SMILES string of the molecule is COP(=O)(OF)OCOP(=O)(O)OF. The van der Waals surface area contributed by atoms with Gasteiger partial charge in [-0.3, -0.25) is 13.6 Å². The van der Waals surface area contributed by atoms with E-state index >= 15 is 0 Å². The molecule has 12 heteroatoms. The van der Waals surface area contributed by atoms with Gasteiger partial charge >= 0.3 is 15.6 Å². The molecule has 14 heavy (non-hydrogen) atoms. The zero-order valence-electron chi connectivity index (χ0n) is 6.66. The molecule has 0 fully saturated rings. The van der Waals surface area contributed by atoms with E-state index in [9.17, 15) is 18.2 Å². The monoisotopic (exact) mass is 258 g/mol. The lowest BCUT2D eigenvalue weighted by molar-refractivity contribution is -0.0827. The van der Waals surface area contributed by atoms with Gasteiger partial charge in [0.25, 0.3) is 0 Å². The van der Waals surface area contributed by atoms with Crippen molar-refractivity contribution >= 4 is 15.6 Å². The van der Waals surface area contributed by atoms with Crippen LogP contribution in [0.5, 0.6) is 0 Å². The van der Waals surface area contributed by atoms with Gasteiger partial charge in [-0.05, 0) is 9.05 Å². The van der Waals surface area contributed by atoms with E-state index in [1.165, 1.54) is 0 Å². The Morgan fingerprint density at radius 3 is 2.14 bits per heavy atom. The van der Waals surface area contributed by atoms with Crippen molar-refractivity contribution in [2.24, 2.45) is 0 Å². The highest BCUT2D eigenvalue weighted by Crippen LogP contribution is 2.51. The maximum Gasteiger partial charge on any atom is 0.507 e. The highest BCUT2D eigenvalue weighted by Gasteiger charge is 2.29. The van der Waals surface area contributed by atoms with E-state index in [1.54, 1.807) is 0 Å². The van der Waals surface area contributed by atoms with Gasteiger partial charge in [0, 0.05) is 7.11 Å². The van der Waals surface area contributed by atoms with Gasteiger partial charge < -0.3 is 4.89 Å². The molecular weight excluding hydrogens is 252 g/mol. The van der Waals surface area contributed by atoms with Crippen LogP contribution in [0.1, 0.15) is 0 Å². The molecule has 1 N–H and O–H groups in total. The predicted octanol–water partition coefficient (Wildman–Crippen LogP) is 1.63. The second kappa shape index (κ2) is 5.84. The fourth-order valence-corrected chi connectivity index (χ4v) is 0.968. The van der Waals surface area contributed by atoms with Crippen LogP contribution in [0.4, 0.5) is 9.05 Å². The minimum Gasteiger partial charge on any atom is -0.301 e. The summed E-state index contributed by atoms with van der Waals surface area (Å²) in [4.78, 5) is 8.26. The summed E-state index contributed by atoms with van der Waals surface area (Å²) in [5.41, 5.74) is 0. The topological polar surface area (TPSA) is 101 Å². The molecule has 0 saturated carbocycles. The lowest BCUT2D eigenvalue weighted by Gasteiger charge is -2.10. The van der Waals surface area contributed by atoms with Crippen molar-refractivity contribution in [2.75, 3.05) is 13.9 Å². The first kappa shape index (κ1) is 14.1. The second-order valence-corrected chi connectivity index (χ2v) is 4.60. The third-order valence-electron chi connectivity index (χ3n) is 0.822. The van der Waals surface area contributed by atoms with Gasteiger partial charge in [-0.2, -0.15) is 0 Å². The molecule has 86 valence electrons. The van der Waals surface area contributed by atoms with E-state index < -0.39 is 22.4 Å². The number of hydrogen-bond acceptors (Lipinski definition) is 7. The summed E-state index contributed by atoms with van der Waals surface area (Å²) in [6.45, 7) is -1.23. The molecule has 0 spiro atoms. The summed E-state index contributed by atoms with van der Waals surface area (Å²) in [5, 5.41) is 0. The van der Waals surface area contributed by atoms with Crippen LogP contribution >= 0.6 is 15.6 Å². The molecule has 0 aliphatic rings. The van der Waals surface area contributed by atoms with Crippen LogP contribution in [0.25, 0.3) is 0 Å². The minimum absolute atomic E-state index is 0.782. The summed E-state index contributed by atoms with van der Waals surface area (Å²) in [6, 6.07) is 0. The second-order valence-electron chi connectivity index (χ2n) is 1.61. The van der Waals surface area contributed by atoms with E-state index in [4.69, 9.17) is 4.89 Å². The molecule has 0 amide bonds. The van der Waals surface area contributed by atoms with Gasteiger partial charge in [-0.15, -0.1) is 0 Å². The molecule has 0 aromatic rings. The first-order chi connectivity index (χ1) is 6.39. The van der Waals surface area contributed by atoms with Crippen LogP contribution in [0.3, 0.4) is 0 Å². The zero-order chi connectivity index (χ0) is 11.2. The molecular formula is C2H6F2O8P2. The zero-order valence-corrected chi connectivity index (χ0v) is 8.45. The largest absolute Gasteiger partial charge is 0.507 e. The molecule has 0 aliphatic carbocycles. The lowest BCUT2D eigenvalue weighted by atomic mass is 11.6. The molecule has 0 heterocycles. The Kier molecular flexibility index (Phi) is 5.87. The van der Waals surface area contributed by atoms with Crippen molar-refractivity contribution in [3.05, 3.63) is 0 Å². The summed E-state index contributed by atoms with van der Waals surface area (Å²) < 4.78 is 60.2. The van der Waals surface area contributed by atoms with Crippen molar-refractivity contribution < 1.29 is 46.1 Å². The Bertz CT molecular complexity index is 248. The normalized spacial score (nSPS) is 20.0. The van der Waals surface area contributed by atoms with Crippen molar-refractivity contribution in [1.82, 2.24) is 0 Å². The molecule has 2 unspecified atom stereocenters. The maximum atomic E-state index is 11.4. The quantitative estimate of drug-likeness (QED) is 0.543. The Morgan fingerprint density at radius 1 is 1.21 bits per heavy atom. The Labute approximate surface area is 76.7 Å². The highest BCUT2D eigenvalue weighted by atomic mass is 31.2. The summed E-state index contributed by atoms with van der Waals surface area (Å²) in [6.07, 6.45) is 0. The van der Waals surface area contributed by atoms with Crippen LogP contribution in [0, 0.1) is 0 Å². The molecule has 0 aromatic carbocycles. The van der Waals surface area contributed by atoms with Crippen molar-refractivity contribution in [2.45, 2.75) is 0 Å². The fourth-order valence-electron chi connectivity index (χ4n) is 0.275. The summed E-state index contributed by atoms with van der Waals surface area (Å²) in [5.74, 6) is 0. The van der Waals surface area contributed by atoms with E-state index in [1.807, 2.05) is 0 Å². The number of hydrogen-bond donors (Lipinski definition) is 1. The molecule has 0 radical (unpaired) electrons. The molecule has 2 atom stereocenters. The van der Waals surface area contributed by atoms with Gasteiger partial charge in [0.1, 0.15) is 0 Å². The molecule has 0 saturated heterocycles. The number of halogens is 2. The lowest BCUT2D eigenvalue weighted by Crippen LogP contribution is -1.99. The Balaban J connectivity index is 3.96. The van der Waals surface area contributed by atoms with Gasteiger partial charge in [-0.1, -0.05) is 9.46 Å².